The summed E-state index contributed by atoms with van der Waals surface area (Å²) < 4.78 is 0. The summed E-state index contributed by atoms with van der Waals surface area (Å²) in [5.74, 6) is -1.08. The van der Waals surface area contributed by atoms with E-state index in [4.69, 9.17) is 0 Å². The smallest absolute Gasteiger partial charge is 0.343 e. The van der Waals surface area contributed by atoms with Crippen LogP contribution < -0.4 is 5.06 Å². The number of nitro benzene ring substituents is 2. The minimum atomic E-state index is -1.08. The van der Waals surface area contributed by atoms with Crippen LogP contribution in [0.2, 0.25) is 0 Å². The average Bonchev–Trinajstić information content (AvgIpc) is 2.26. The Hall–Kier alpha value is -2.42. The fraction of sp³-hybridized carbons (Fsp3) is 0.250. The van der Waals surface area contributed by atoms with Crippen LogP contribution in [0.5, 0.6) is 5.75 Å². The van der Waals surface area contributed by atoms with Gasteiger partial charge in [0.05, 0.1) is 9.85 Å². The second kappa shape index (κ2) is 4.61. The molecule has 0 bridgehead atoms. The number of aromatic hydroxyl groups is 1. The predicted molar refractivity (Wildman–Crippen MR) is 56.2 cm³/mol. The maximum absolute atomic E-state index is 10.7. The number of anilines is 1. The zero-order valence-corrected chi connectivity index (χ0v) is 8.73. The Balaban J connectivity index is 3.50. The third-order valence-corrected chi connectivity index (χ3v) is 2.07. The lowest BCUT2D eigenvalue weighted by molar-refractivity contribution is -0.395. The summed E-state index contributed by atoms with van der Waals surface area (Å²) in [5, 5.41) is 40.5. The lowest BCUT2D eigenvalue weighted by Crippen LogP contribution is -2.18. The Morgan fingerprint density at radius 2 is 1.88 bits per heavy atom. The van der Waals surface area contributed by atoms with Gasteiger partial charge in [0.25, 0.3) is 5.75 Å². The number of hydrogen-bond donors (Lipinski definition) is 2. The van der Waals surface area contributed by atoms with Crippen molar-refractivity contribution in [1.82, 2.24) is 0 Å². The van der Waals surface area contributed by atoms with Crippen LogP contribution in [0.1, 0.15) is 6.92 Å². The zero-order chi connectivity index (χ0) is 13.2. The number of phenolic OH excluding ortho intramolecular Hbond substituents is 1. The van der Waals surface area contributed by atoms with Gasteiger partial charge in [0.2, 0.25) is 0 Å². The van der Waals surface area contributed by atoms with E-state index in [-0.39, 0.29) is 12.2 Å². The summed E-state index contributed by atoms with van der Waals surface area (Å²) >= 11 is 0. The van der Waals surface area contributed by atoms with Crippen molar-refractivity contribution in [3.8, 4) is 5.75 Å². The van der Waals surface area contributed by atoms with Crippen molar-refractivity contribution in [1.29, 1.82) is 0 Å². The molecular formula is C8H9N3O6. The van der Waals surface area contributed by atoms with Gasteiger partial charge in [-0.05, 0) is 13.0 Å². The molecule has 0 fully saturated rings. The number of hydrogen-bond acceptors (Lipinski definition) is 7. The van der Waals surface area contributed by atoms with Crippen molar-refractivity contribution in [3.05, 3.63) is 32.4 Å². The maximum Gasteiger partial charge on any atom is 0.343 e. The Morgan fingerprint density at radius 3 is 2.29 bits per heavy atom. The SMILES string of the molecule is CCN(O)c1ccc([N+](=O)[O-])c(O)c1[N+](=O)[O-]. The molecule has 1 aromatic rings. The molecule has 2 N–H and O–H groups in total. The molecule has 1 rings (SSSR count). The van der Waals surface area contributed by atoms with Gasteiger partial charge in [-0.2, -0.15) is 0 Å². The quantitative estimate of drug-likeness (QED) is 0.603. The minimum absolute atomic E-state index is 0.0259. The van der Waals surface area contributed by atoms with E-state index >= 15 is 0 Å². The molecule has 0 aliphatic rings. The first-order chi connectivity index (χ1) is 7.90. The summed E-state index contributed by atoms with van der Waals surface area (Å²) in [7, 11) is 0. The molecule has 17 heavy (non-hydrogen) atoms. The summed E-state index contributed by atoms with van der Waals surface area (Å²) in [5.41, 5.74) is -1.99. The van der Waals surface area contributed by atoms with Crippen LogP contribution in [0.25, 0.3) is 0 Å². The average molecular weight is 243 g/mol. The van der Waals surface area contributed by atoms with Crippen molar-refractivity contribution in [2.45, 2.75) is 6.92 Å². The van der Waals surface area contributed by atoms with E-state index in [9.17, 15) is 30.5 Å². The monoisotopic (exact) mass is 243 g/mol. The molecule has 0 aliphatic heterocycles. The van der Waals surface area contributed by atoms with E-state index < -0.39 is 27.0 Å². The van der Waals surface area contributed by atoms with Gasteiger partial charge in [0.15, 0.2) is 0 Å². The van der Waals surface area contributed by atoms with Gasteiger partial charge in [-0.15, -0.1) is 0 Å². The summed E-state index contributed by atoms with van der Waals surface area (Å²) in [6, 6.07) is 1.88. The van der Waals surface area contributed by atoms with Gasteiger partial charge in [0.1, 0.15) is 5.69 Å². The molecule has 0 aliphatic carbocycles. The lowest BCUT2D eigenvalue weighted by atomic mass is 10.2. The van der Waals surface area contributed by atoms with Crippen LogP contribution in [-0.4, -0.2) is 26.7 Å². The largest absolute Gasteiger partial charge is 0.497 e. The van der Waals surface area contributed by atoms with E-state index in [0.29, 0.717) is 5.06 Å². The zero-order valence-electron chi connectivity index (χ0n) is 8.73. The highest BCUT2D eigenvalue weighted by molar-refractivity contribution is 5.74. The van der Waals surface area contributed by atoms with Crippen molar-refractivity contribution in [2.75, 3.05) is 11.6 Å². The van der Waals surface area contributed by atoms with E-state index in [2.05, 4.69) is 0 Å². The molecule has 9 heteroatoms. The molecule has 0 amide bonds. The molecule has 9 nitrogen and oxygen atoms in total. The third-order valence-electron chi connectivity index (χ3n) is 2.07. The molecular weight excluding hydrogens is 234 g/mol. The first-order valence-electron chi connectivity index (χ1n) is 4.51. The molecule has 92 valence electrons. The molecule has 1 aromatic carbocycles. The third kappa shape index (κ3) is 2.23. The Kier molecular flexibility index (Phi) is 3.43. The van der Waals surface area contributed by atoms with E-state index in [0.717, 1.165) is 12.1 Å². The first-order valence-corrected chi connectivity index (χ1v) is 4.51. The number of nitrogens with zero attached hydrogens (tertiary/aromatic N) is 3. The topological polar surface area (TPSA) is 130 Å². The molecule has 0 spiro atoms. The van der Waals surface area contributed by atoms with E-state index in [1.807, 2.05) is 0 Å². The Bertz CT molecular complexity index is 475. The van der Waals surface area contributed by atoms with Crippen molar-refractivity contribution in [3.63, 3.8) is 0 Å². The van der Waals surface area contributed by atoms with Crippen molar-refractivity contribution < 1.29 is 20.2 Å². The molecule has 0 heterocycles. The standard InChI is InChI=1S/C8H9N3O6/c1-2-9(13)5-3-4-6(10(14)15)8(12)7(5)11(16)17/h3-4,12-13H,2H2,1H3. The van der Waals surface area contributed by atoms with Gasteiger partial charge in [-0.25, -0.2) is 0 Å². The maximum atomic E-state index is 10.7. The molecule has 0 radical (unpaired) electrons. The number of nitro groups is 2. The molecule has 0 aromatic heterocycles. The highest BCUT2D eigenvalue weighted by atomic mass is 16.6. The van der Waals surface area contributed by atoms with Crippen LogP contribution >= 0.6 is 0 Å². The van der Waals surface area contributed by atoms with Gasteiger partial charge < -0.3 is 5.11 Å². The number of phenols is 1. The van der Waals surface area contributed by atoms with Crippen LogP contribution in [0.3, 0.4) is 0 Å². The first kappa shape index (κ1) is 12.6. The summed E-state index contributed by atoms with van der Waals surface area (Å²) in [6.45, 7) is 1.54. The van der Waals surface area contributed by atoms with Crippen LogP contribution in [-0.2, 0) is 0 Å². The predicted octanol–water partition coefficient (Wildman–Crippen LogP) is 1.42. The van der Waals surface area contributed by atoms with Crippen LogP contribution in [0, 0.1) is 20.2 Å². The molecule has 0 saturated heterocycles. The van der Waals surface area contributed by atoms with Gasteiger partial charge in [-0.3, -0.25) is 30.5 Å². The van der Waals surface area contributed by atoms with Gasteiger partial charge in [-0.1, -0.05) is 0 Å². The highest BCUT2D eigenvalue weighted by Crippen LogP contribution is 2.42. The fourth-order valence-electron chi connectivity index (χ4n) is 1.26. The van der Waals surface area contributed by atoms with Crippen LogP contribution in [0.4, 0.5) is 17.1 Å². The van der Waals surface area contributed by atoms with E-state index in [1.54, 1.807) is 0 Å². The second-order valence-electron chi connectivity index (χ2n) is 3.03. The molecule has 0 atom stereocenters. The normalized spacial score (nSPS) is 10.0. The molecule has 0 saturated carbocycles. The number of hydroxylamine groups is 1. The Labute approximate surface area is 94.8 Å². The fourth-order valence-corrected chi connectivity index (χ4v) is 1.26. The van der Waals surface area contributed by atoms with Crippen molar-refractivity contribution >= 4 is 17.1 Å². The Morgan fingerprint density at radius 1 is 1.29 bits per heavy atom. The van der Waals surface area contributed by atoms with Gasteiger partial charge >= 0.3 is 11.4 Å². The number of benzene rings is 1. The van der Waals surface area contributed by atoms with Crippen LogP contribution in [0.15, 0.2) is 12.1 Å². The highest BCUT2D eigenvalue weighted by Gasteiger charge is 2.30. The summed E-state index contributed by atoms with van der Waals surface area (Å²) in [6.07, 6.45) is 0. The molecule has 0 unspecified atom stereocenters. The number of rotatable bonds is 4. The second-order valence-corrected chi connectivity index (χ2v) is 3.03. The lowest BCUT2D eigenvalue weighted by Gasteiger charge is -2.14. The minimum Gasteiger partial charge on any atom is -0.497 e. The van der Waals surface area contributed by atoms with Gasteiger partial charge in [0, 0.05) is 12.6 Å². The van der Waals surface area contributed by atoms with E-state index in [1.165, 1.54) is 6.92 Å². The van der Waals surface area contributed by atoms with Crippen molar-refractivity contribution in [2.24, 2.45) is 0 Å². The summed E-state index contributed by atoms with van der Waals surface area (Å²) in [4.78, 5) is 19.3.